The van der Waals surface area contributed by atoms with Crippen molar-refractivity contribution in [3.8, 4) is 33.6 Å². The van der Waals surface area contributed by atoms with E-state index in [2.05, 4.69) is 115 Å². The van der Waals surface area contributed by atoms with Gasteiger partial charge in [0.05, 0.1) is 5.58 Å². The maximum atomic E-state index is 6.49. The Kier molecular flexibility index (Phi) is 8.46. The average Bonchev–Trinajstić information content (AvgIpc) is 3.52. The molecule has 9 rings (SSSR count). The number of furan rings is 1. The van der Waals surface area contributed by atoms with Crippen LogP contribution in [-0.4, -0.2) is 9.97 Å². The van der Waals surface area contributed by atoms with Crippen molar-refractivity contribution in [1.82, 2.24) is 9.97 Å². The third-order valence-electron chi connectivity index (χ3n) is 8.32. The van der Waals surface area contributed by atoms with E-state index in [-0.39, 0.29) is 20.1 Å². The Balaban J connectivity index is 0.000000228. The van der Waals surface area contributed by atoms with Gasteiger partial charge in [-0.1, -0.05) is 101 Å². The summed E-state index contributed by atoms with van der Waals surface area (Å²) in [5, 5.41) is 6.99. The first-order valence-electron chi connectivity index (χ1n) is 15.3. The zero-order chi connectivity index (χ0) is 30.9. The maximum Gasteiger partial charge on any atom is 0.128 e. The average molecular weight is 781 g/mol. The summed E-state index contributed by atoms with van der Waals surface area (Å²) in [5.41, 5.74) is 9.06. The van der Waals surface area contributed by atoms with Gasteiger partial charge in [-0.3, -0.25) is 0 Å². The van der Waals surface area contributed by atoms with Crippen LogP contribution in [0.5, 0.6) is 0 Å². The van der Waals surface area contributed by atoms with Crippen molar-refractivity contribution < 1.29 is 24.5 Å². The number of fused-ring (bicyclic) bond motifs is 6. The van der Waals surface area contributed by atoms with Gasteiger partial charge in [-0.05, 0) is 63.8 Å². The molecule has 0 N–H and O–H groups in total. The predicted molar refractivity (Wildman–Crippen MR) is 189 cm³/mol. The summed E-state index contributed by atoms with van der Waals surface area (Å²) in [6, 6.07) is 54.3. The van der Waals surface area contributed by atoms with E-state index in [4.69, 9.17) is 9.40 Å². The van der Waals surface area contributed by atoms with Gasteiger partial charge in [-0.15, -0.1) is 54.1 Å². The number of benzene rings is 6. The number of rotatable bonds is 3. The van der Waals surface area contributed by atoms with Crippen LogP contribution < -0.4 is 0 Å². The smallest absolute Gasteiger partial charge is 0.128 e. The SMILES string of the molecule is Cc1ccc2cc(-c3ccnc(-c4[c-]ccc5c4oc4c6ccccc6ccc54)c3)ccc2c1.[Ir].[c-]1ccccc1-c1ccccn1. The van der Waals surface area contributed by atoms with Gasteiger partial charge in [-0.2, -0.15) is 0 Å². The monoisotopic (exact) mass is 781 g/mol. The van der Waals surface area contributed by atoms with Gasteiger partial charge >= 0.3 is 0 Å². The van der Waals surface area contributed by atoms with Crippen molar-refractivity contribution in [1.29, 1.82) is 0 Å². The van der Waals surface area contributed by atoms with Crippen LogP contribution in [0.3, 0.4) is 0 Å². The molecule has 3 nitrogen and oxygen atoms in total. The summed E-state index contributed by atoms with van der Waals surface area (Å²) in [5.74, 6) is 0. The molecule has 0 amide bonds. The zero-order valence-electron chi connectivity index (χ0n) is 25.6. The minimum atomic E-state index is 0. The Bertz CT molecular complexity index is 2450. The largest absolute Gasteiger partial charge is 0.500 e. The molecule has 0 aliphatic rings. The molecule has 4 heteroatoms. The molecule has 9 aromatic rings. The number of pyridine rings is 2. The molecule has 1 radical (unpaired) electrons. The minimum Gasteiger partial charge on any atom is -0.500 e. The van der Waals surface area contributed by atoms with Crippen LogP contribution in [0.25, 0.3) is 77.1 Å². The first kappa shape index (κ1) is 30.3. The van der Waals surface area contributed by atoms with E-state index in [1.807, 2.05) is 54.7 Å². The molecule has 0 spiro atoms. The van der Waals surface area contributed by atoms with Gasteiger partial charge in [0.1, 0.15) is 5.58 Å². The third-order valence-corrected chi connectivity index (χ3v) is 8.32. The summed E-state index contributed by atoms with van der Waals surface area (Å²) in [6.07, 6.45) is 3.66. The second kappa shape index (κ2) is 13.1. The molecule has 0 aliphatic carbocycles. The quantitative estimate of drug-likeness (QED) is 0.168. The molecule has 0 saturated heterocycles. The fourth-order valence-corrected chi connectivity index (χ4v) is 6.03. The second-order valence-corrected chi connectivity index (χ2v) is 11.3. The zero-order valence-corrected chi connectivity index (χ0v) is 28.0. The predicted octanol–water partition coefficient (Wildman–Crippen LogP) is 11.3. The van der Waals surface area contributed by atoms with Crippen molar-refractivity contribution >= 4 is 43.5 Å². The van der Waals surface area contributed by atoms with Crippen LogP contribution in [0, 0.1) is 19.1 Å². The van der Waals surface area contributed by atoms with E-state index in [0.29, 0.717) is 0 Å². The van der Waals surface area contributed by atoms with Gasteiger partial charge < -0.3 is 14.4 Å². The molecule has 0 unspecified atom stereocenters. The maximum absolute atomic E-state index is 6.49. The number of hydrogen-bond donors (Lipinski definition) is 0. The molecular formula is C43H28IrN2O-2. The molecule has 0 atom stereocenters. The third kappa shape index (κ3) is 5.97. The Morgan fingerprint density at radius 3 is 2.15 bits per heavy atom. The summed E-state index contributed by atoms with van der Waals surface area (Å²) in [7, 11) is 0. The fourth-order valence-electron chi connectivity index (χ4n) is 6.03. The van der Waals surface area contributed by atoms with E-state index < -0.39 is 0 Å². The van der Waals surface area contributed by atoms with E-state index in [0.717, 1.165) is 55.4 Å². The Hall–Kier alpha value is -5.41. The summed E-state index contributed by atoms with van der Waals surface area (Å²) < 4.78 is 6.49. The molecule has 0 aliphatic heterocycles. The van der Waals surface area contributed by atoms with Gasteiger partial charge in [0.2, 0.25) is 0 Å². The summed E-state index contributed by atoms with van der Waals surface area (Å²) >= 11 is 0. The fraction of sp³-hybridized carbons (Fsp3) is 0.0233. The first-order chi connectivity index (χ1) is 22.7. The van der Waals surface area contributed by atoms with Crippen molar-refractivity contribution in [2.75, 3.05) is 0 Å². The Labute approximate surface area is 286 Å². The molecule has 47 heavy (non-hydrogen) atoms. The molecular weight excluding hydrogens is 753 g/mol. The van der Waals surface area contributed by atoms with Crippen molar-refractivity contribution in [2.24, 2.45) is 0 Å². The van der Waals surface area contributed by atoms with E-state index in [9.17, 15) is 0 Å². The molecule has 6 aromatic carbocycles. The van der Waals surface area contributed by atoms with Crippen molar-refractivity contribution in [3.63, 3.8) is 0 Å². The molecule has 3 aromatic heterocycles. The number of nitrogens with zero attached hydrogens (tertiary/aromatic N) is 2. The molecule has 227 valence electrons. The summed E-state index contributed by atoms with van der Waals surface area (Å²) in [4.78, 5) is 8.92. The normalized spacial score (nSPS) is 10.9. The Morgan fingerprint density at radius 2 is 1.28 bits per heavy atom. The van der Waals surface area contributed by atoms with E-state index in [1.54, 1.807) is 6.20 Å². The molecule has 0 saturated carbocycles. The van der Waals surface area contributed by atoms with E-state index >= 15 is 0 Å². The first-order valence-corrected chi connectivity index (χ1v) is 15.3. The van der Waals surface area contributed by atoms with Crippen LogP contribution in [0.2, 0.25) is 0 Å². The topological polar surface area (TPSA) is 38.9 Å². The van der Waals surface area contributed by atoms with Crippen LogP contribution in [-0.2, 0) is 20.1 Å². The van der Waals surface area contributed by atoms with Crippen molar-refractivity contribution in [2.45, 2.75) is 6.92 Å². The standard InChI is InChI=1S/C32H20NO.C11H8N.Ir/c1-20-9-10-23-18-24(12-11-22(23)17-20)25-15-16-33-30(19-25)29-8-4-7-27-28-14-13-21-5-2-3-6-26(21)31(28)34-32(27)29;1-2-6-10(7-3-1)11-8-4-5-9-12-11;/h2-7,9-19H,1H3;1-6,8-9H;/q2*-1;. The van der Waals surface area contributed by atoms with Crippen LogP contribution >= 0.6 is 0 Å². The minimum absolute atomic E-state index is 0. The second-order valence-electron chi connectivity index (χ2n) is 11.3. The van der Waals surface area contributed by atoms with Crippen molar-refractivity contribution in [3.05, 3.63) is 170 Å². The van der Waals surface area contributed by atoms with E-state index in [1.165, 1.54) is 27.3 Å². The molecule has 0 bridgehead atoms. The summed E-state index contributed by atoms with van der Waals surface area (Å²) in [6.45, 7) is 2.13. The van der Waals surface area contributed by atoms with Gasteiger partial charge in [-0.25, -0.2) is 0 Å². The number of hydrogen-bond acceptors (Lipinski definition) is 3. The van der Waals surface area contributed by atoms with Crippen LogP contribution in [0.4, 0.5) is 0 Å². The molecule has 3 heterocycles. The number of aryl methyl sites for hydroxylation is 1. The molecule has 0 fully saturated rings. The van der Waals surface area contributed by atoms with Gasteiger partial charge in [0.15, 0.2) is 0 Å². The van der Waals surface area contributed by atoms with Crippen LogP contribution in [0.15, 0.2) is 156 Å². The van der Waals surface area contributed by atoms with Crippen LogP contribution in [0.1, 0.15) is 5.56 Å². The Morgan fingerprint density at radius 1 is 0.511 bits per heavy atom. The van der Waals surface area contributed by atoms with Gasteiger partial charge in [0.25, 0.3) is 0 Å². The van der Waals surface area contributed by atoms with Gasteiger partial charge in [0, 0.05) is 43.3 Å². The number of aromatic nitrogens is 2.